The van der Waals surface area contributed by atoms with Crippen molar-refractivity contribution < 1.29 is 8.78 Å². The highest BCUT2D eigenvalue weighted by atomic mass is 32.1. The molecule has 2 rings (SSSR count). The van der Waals surface area contributed by atoms with Gasteiger partial charge in [0.15, 0.2) is 10.6 Å². The molecule has 1 N–H and O–H groups in total. The lowest BCUT2D eigenvalue weighted by Gasteiger charge is -2.05. The highest BCUT2D eigenvalue weighted by Crippen LogP contribution is 2.20. The summed E-state index contributed by atoms with van der Waals surface area (Å²) in [6, 6.07) is 3.30. The summed E-state index contributed by atoms with van der Waals surface area (Å²) in [6.07, 6.45) is 0.860. The fourth-order valence-electron chi connectivity index (χ4n) is 1.65. The molecule has 1 aromatic carbocycles. The van der Waals surface area contributed by atoms with Crippen LogP contribution in [0.4, 0.5) is 8.78 Å². The van der Waals surface area contributed by atoms with Crippen LogP contribution < -0.4 is 0 Å². The predicted molar refractivity (Wildman–Crippen MR) is 63.1 cm³/mol. The van der Waals surface area contributed by atoms with E-state index in [9.17, 15) is 8.78 Å². The maximum atomic E-state index is 13.1. The van der Waals surface area contributed by atoms with Crippen LogP contribution in [-0.4, -0.2) is 14.8 Å². The molecule has 3 nitrogen and oxygen atoms in total. The minimum absolute atomic E-state index is 0.378. The quantitative estimate of drug-likeness (QED) is 0.854. The molecule has 0 aliphatic rings. The summed E-state index contributed by atoms with van der Waals surface area (Å²) in [5.41, 5.74) is 0.378. The summed E-state index contributed by atoms with van der Waals surface area (Å²) >= 11 is 5.06. The van der Waals surface area contributed by atoms with Crippen LogP contribution in [0.25, 0.3) is 11.4 Å². The van der Waals surface area contributed by atoms with Crippen LogP contribution in [-0.2, 0) is 6.54 Å². The zero-order valence-corrected chi connectivity index (χ0v) is 10.0. The second-order valence-corrected chi connectivity index (χ2v) is 4.05. The van der Waals surface area contributed by atoms with Crippen molar-refractivity contribution in [2.24, 2.45) is 0 Å². The van der Waals surface area contributed by atoms with Gasteiger partial charge in [-0.05, 0) is 30.8 Å². The van der Waals surface area contributed by atoms with Crippen molar-refractivity contribution >= 4 is 12.2 Å². The molecule has 1 aromatic heterocycles. The second-order valence-electron chi connectivity index (χ2n) is 3.66. The molecule has 90 valence electrons. The standard InChI is InChI=1S/C11H11F2N3S/c1-2-3-16-10(14-15-11(16)17)7-4-8(12)6-9(13)5-7/h4-6H,2-3H2,1H3,(H,15,17). The van der Waals surface area contributed by atoms with E-state index in [2.05, 4.69) is 10.2 Å². The molecule has 0 fully saturated rings. The first-order valence-electron chi connectivity index (χ1n) is 5.23. The lowest BCUT2D eigenvalue weighted by atomic mass is 10.2. The second kappa shape index (κ2) is 4.75. The summed E-state index contributed by atoms with van der Waals surface area (Å²) in [6.45, 7) is 2.65. The maximum absolute atomic E-state index is 13.1. The van der Waals surface area contributed by atoms with E-state index in [0.717, 1.165) is 12.5 Å². The van der Waals surface area contributed by atoms with Gasteiger partial charge in [-0.25, -0.2) is 8.78 Å². The highest BCUT2D eigenvalue weighted by Gasteiger charge is 2.10. The van der Waals surface area contributed by atoms with E-state index < -0.39 is 11.6 Å². The van der Waals surface area contributed by atoms with Gasteiger partial charge < -0.3 is 4.57 Å². The van der Waals surface area contributed by atoms with E-state index in [-0.39, 0.29) is 0 Å². The van der Waals surface area contributed by atoms with Crippen LogP contribution >= 0.6 is 12.2 Å². The Kier molecular flexibility index (Phi) is 3.33. The van der Waals surface area contributed by atoms with E-state index in [1.165, 1.54) is 12.1 Å². The highest BCUT2D eigenvalue weighted by molar-refractivity contribution is 7.71. The first-order valence-corrected chi connectivity index (χ1v) is 5.64. The van der Waals surface area contributed by atoms with Gasteiger partial charge in [-0.1, -0.05) is 6.92 Å². The number of nitrogens with zero attached hydrogens (tertiary/aromatic N) is 2. The number of H-pyrrole nitrogens is 1. The van der Waals surface area contributed by atoms with Crippen LogP contribution in [0.15, 0.2) is 18.2 Å². The van der Waals surface area contributed by atoms with Crippen molar-refractivity contribution in [2.45, 2.75) is 19.9 Å². The predicted octanol–water partition coefficient (Wildman–Crippen LogP) is 3.30. The number of nitrogens with one attached hydrogen (secondary N) is 1. The van der Waals surface area contributed by atoms with E-state index >= 15 is 0 Å². The zero-order chi connectivity index (χ0) is 12.4. The molecule has 0 spiro atoms. The maximum Gasteiger partial charge on any atom is 0.195 e. The molecule has 0 radical (unpaired) electrons. The van der Waals surface area contributed by atoms with E-state index in [0.29, 0.717) is 22.7 Å². The minimum Gasteiger partial charge on any atom is -0.300 e. The van der Waals surface area contributed by atoms with Gasteiger partial charge in [0.1, 0.15) is 11.6 Å². The minimum atomic E-state index is -0.628. The van der Waals surface area contributed by atoms with Crippen molar-refractivity contribution in [1.29, 1.82) is 0 Å². The zero-order valence-electron chi connectivity index (χ0n) is 9.20. The van der Waals surface area contributed by atoms with Gasteiger partial charge in [-0.15, -0.1) is 0 Å². The number of benzene rings is 1. The molecule has 6 heteroatoms. The van der Waals surface area contributed by atoms with Crippen molar-refractivity contribution in [2.75, 3.05) is 0 Å². The normalized spacial score (nSPS) is 10.8. The Morgan fingerprint density at radius 1 is 1.29 bits per heavy atom. The number of hydrogen-bond donors (Lipinski definition) is 1. The Labute approximate surface area is 102 Å². The van der Waals surface area contributed by atoms with Gasteiger partial charge in [-0.2, -0.15) is 5.10 Å². The molecule has 0 amide bonds. The van der Waals surface area contributed by atoms with Crippen LogP contribution in [0.1, 0.15) is 13.3 Å². The molecule has 2 aromatic rings. The van der Waals surface area contributed by atoms with Gasteiger partial charge in [-0.3, -0.25) is 5.10 Å². The Morgan fingerprint density at radius 3 is 2.53 bits per heavy atom. The summed E-state index contributed by atoms with van der Waals surface area (Å²) in [4.78, 5) is 0. The Hall–Kier alpha value is -1.56. The first-order chi connectivity index (χ1) is 8.11. The molecule has 0 bridgehead atoms. The fourth-order valence-corrected chi connectivity index (χ4v) is 1.88. The van der Waals surface area contributed by atoms with Crippen molar-refractivity contribution in [3.63, 3.8) is 0 Å². The van der Waals surface area contributed by atoms with Gasteiger partial charge in [0.05, 0.1) is 0 Å². The smallest absolute Gasteiger partial charge is 0.195 e. The topological polar surface area (TPSA) is 33.6 Å². The molecule has 0 saturated heterocycles. The third-order valence-corrected chi connectivity index (χ3v) is 2.64. The monoisotopic (exact) mass is 255 g/mol. The summed E-state index contributed by atoms with van der Waals surface area (Å²) < 4.78 is 28.4. The molecule has 0 saturated carbocycles. The summed E-state index contributed by atoms with van der Waals surface area (Å²) in [5, 5.41) is 6.63. The SMILES string of the molecule is CCCn1c(-c2cc(F)cc(F)c2)n[nH]c1=S. The average molecular weight is 255 g/mol. The molecule has 0 unspecified atom stereocenters. The molecule has 1 heterocycles. The fraction of sp³-hybridized carbons (Fsp3) is 0.273. The van der Waals surface area contributed by atoms with Gasteiger partial charge in [0, 0.05) is 18.2 Å². The van der Waals surface area contributed by atoms with Crippen LogP contribution in [0.5, 0.6) is 0 Å². The Bertz CT molecular complexity index is 568. The molecule has 0 aliphatic carbocycles. The first kappa shape index (κ1) is 11.9. The summed E-state index contributed by atoms with van der Waals surface area (Å²) in [5.74, 6) is -0.802. The molecule has 0 atom stereocenters. The van der Waals surface area contributed by atoms with Crippen LogP contribution in [0.3, 0.4) is 0 Å². The lowest BCUT2D eigenvalue weighted by Crippen LogP contribution is -2.00. The van der Waals surface area contributed by atoms with E-state index in [1.807, 2.05) is 6.92 Å². The number of aromatic nitrogens is 3. The van der Waals surface area contributed by atoms with E-state index in [1.54, 1.807) is 4.57 Å². The molecular weight excluding hydrogens is 244 g/mol. The Morgan fingerprint density at radius 2 is 1.94 bits per heavy atom. The molecule has 0 aliphatic heterocycles. The Balaban J connectivity index is 2.56. The lowest BCUT2D eigenvalue weighted by molar-refractivity contribution is 0.583. The molecular formula is C11H11F2N3S. The molecule has 17 heavy (non-hydrogen) atoms. The number of rotatable bonds is 3. The number of halogens is 2. The number of hydrogen-bond acceptors (Lipinski definition) is 2. The third kappa shape index (κ3) is 2.41. The van der Waals surface area contributed by atoms with Gasteiger partial charge in [0.25, 0.3) is 0 Å². The third-order valence-electron chi connectivity index (χ3n) is 2.33. The van der Waals surface area contributed by atoms with Crippen molar-refractivity contribution in [3.8, 4) is 11.4 Å². The van der Waals surface area contributed by atoms with Crippen LogP contribution in [0.2, 0.25) is 0 Å². The van der Waals surface area contributed by atoms with E-state index in [4.69, 9.17) is 12.2 Å². The van der Waals surface area contributed by atoms with Gasteiger partial charge in [0.2, 0.25) is 0 Å². The van der Waals surface area contributed by atoms with Crippen molar-refractivity contribution in [3.05, 3.63) is 34.6 Å². The van der Waals surface area contributed by atoms with Crippen molar-refractivity contribution in [1.82, 2.24) is 14.8 Å². The largest absolute Gasteiger partial charge is 0.300 e. The average Bonchev–Trinajstić information content (AvgIpc) is 2.60. The number of aromatic amines is 1. The van der Waals surface area contributed by atoms with Gasteiger partial charge >= 0.3 is 0 Å². The van der Waals surface area contributed by atoms with Crippen LogP contribution in [0, 0.1) is 16.4 Å². The summed E-state index contributed by atoms with van der Waals surface area (Å²) in [7, 11) is 0.